The number of benzene rings is 1. The Morgan fingerprint density at radius 3 is 2.78 bits per heavy atom. The lowest BCUT2D eigenvalue weighted by atomic mass is 10.1. The van der Waals surface area contributed by atoms with Crippen LogP contribution in [-0.2, 0) is 4.79 Å². The van der Waals surface area contributed by atoms with Crippen LogP contribution in [-0.4, -0.2) is 17.4 Å². The van der Waals surface area contributed by atoms with Crippen molar-refractivity contribution < 1.29 is 9.53 Å². The second-order valence-corrected chi connectivity index (χ2v) is 5.47. The van der Waals surface area contributed by atoms with Crippen molar-refractivity contribution in [2.45, 2.75) is 6.92 Å². The number of amides is 1. The normalized spacial score (nSPS) is 15.3. The van der Waals surface area contributed by atoms with E-state index in [1.165, 1.54) is 0 Å². The molecule has 0 saturated heterocycles. The van der Waals surface area contributed by atoms with E-state index in [0.29, 0.717) is 23.7 Å². The predicted molar refractivity (Wildman–Crippen MR) is 90.9 cm³/mol. The molecule has 0 radical (unpaired) electrons. The van der Waals surface area contributed by atoms with E-state index in [2.05, 4.69) is 11.6 Å². The van der Waals surface area contributed by atoms with Gasteiger partial charge < -0.3 is 10.5 Å². The molecule has 0 spiro atoms. The van der Waals surface area contributed by atoms with Gasteiger partial charge in [0.1, 0.15) is 0 Å². The van der Waals surface area contributed by atoms with Crippen molar-refractivity contribution in [1.82, 2.24) is 4.98 Å². The number of carbonyl (C=O) groups is 1. The first-order chi connectivity index (χ1) is 11.0. The number of fused-ring (bicyclic) bond motifs is 1. The molecule has 1 amide bonds. The smallest absolute Gasteiger partial charge is 0.294 e. The Morgan fingerprint density at radius 2 is 2.09 bits per heavy atom. The molecule has 0 saturated carbocycles. The Balaban J connectivity index is 2.06. The number of nitrogen functional groups attached to an aromatic ring is 1. The highest BCUT2D eigenvalue weighted by molar-refractivity contribution is 6.10. The molecule has 1 aliphatic rings. The van der Waals surface area contributed by atoms with E-state index < -0.39 is 0 Å². The van der Waals surface area contributed by atoms with Crippen molar-refractivity contribution in [3.8, 4) is 5.75 Å². The van der Waals surface area contributed by atoms with Crippen LogP contribution < -0.4 is 15.4 Å². The van der Waals surface area contributed by atoms with Gasteiger partial charge in [-0.05, 0) is 42.8 Å². The number of pyridine rings is 1. The maximum absolute atomic E-state index is 12.8. The van der Waals surface area contributed by atoms with Gasteiger partial charge in [0.2, 0.25) is 0 Å². The van der Waals surface area contributed by atoms with E-state index in [4.69, 9.17) is 10.5 Å². The van der Waals surface area contributed by atoms with Crippen LogP contribution in [0.1, 0.15) is 12.5 Å². The molecule has 5 heteroatoms. The van der Waals surface area contributed by atoms with Gasteiger partial charge in [0, 0.05) is 30.7 Å². The molecule has 3 rings (SSSR count). The molecule has 1 aromatic carbocycles. The molecule has 0 aliphatic carbocycles. The van der Waals surface area contributed by atoms with Crippen LogP contribution >= 0.6 is 0 Å². The third-order valence-electron chi connectivity index (χ3n) is 3.38. The zero-order chi connectivity index (χ0) is 16.4. The third kappa shape index (κ3) is 3.08. The zero-order valence-corrected chi connectivity index (χ0v) is 12.8. The number of hydrogen-bond acceptors (Lipinski definition) is 4. The molecule has 1 aliphatic heterocycles. The Hall–Kier alpha value is -3.08. The average Bonchev–Trinajstić information content (AvgIpc) is 2.52. The van der Waals surface area contributed by atoms with E-state index in [9.17, 15) is 4.79 Å². The minimum atomic E-state index is -0.206. The monoisotopic (exact) mass is 307 g/mol. The first-order valence-electron chi connectivity index (χ1n) is 7.20. The number of hydrogen-bond donors (Lipinski definition) is 1. The minimum Gasteiger partial charge on any atom is -0.449 e. The molecule has 23 heavy (non-hydrogen) atoms. The minimum absolute atomic E-state index is 0.206. The summed E-state index contributed by atoms with van der Waals surface area (Å²) in [6, 6.07) is 8.87. The van der Waals surface area contributed by atoms with Gasteiger partial charge >= 0.3 is 0 Å². The van der Waals surface area contributed by atoms with Crippen LogP contribution in [0.5, 0.6) is 5.75 Å². The van der Waals surface area contributed by atoms with Gasteiger partial charge in [-0.15, -0.1) is 0 Å². The second-order valence-electron chi connectivity index (χ2n) is 5.47. The lowest BCUT2D eigenvalue weighted by molar-refractivity contribution is -0.117. The molecule has 5 nitrogen and oxygen atoms in total. The van der Waals surface area contributed by atoms with E-state index >= 15 is 0 Å². The molecular weight excluding hydrogens is 290 g/mol. The first-order valence-corrected chi connectivity index (χ1v) is 7.20. The molecule has 0 bridgehead atoms. The Labute approximate surface area is 134 Å². The summed E-state index contributed by atoms with van der Waals surface area (Å²) in [5.74, 6) is 0.601. The quantitative estimate of drug-likeness (QED) is 0.537. The summed E-state index contributed by atoms with van der Waals surface area (Å²) in [6.45, 7) is 6.20. The molecule has 2 N–H and O–H groups in total. The number of ether oxygens (including phenoxy) is 1. The average molecular weight is 307 g/mol. The number of carbonyl (C=O) groups excluding carboxylic acids is 1. The molecular formula is C18H17N3O2. The standard InChI is InChI=1S/C18H17N3O2/c1-12(2)11-21-15-4-3-14(19)10-16(15)23-17(18(21)22)9-13-5-7-20-8-6-13/h3-10H,1,11,19H2,2H3/b17-9+. The van der Waals surface area contributed by atoms with Gasteiger partial charge in [-0.3, -0.25) is 14.7 Å². The second kappa shape index (κ2) is 5.96. The highest BCUT2D eigenvalue weighted by Gasteiger charge is 2.30. The maximum Gasteiger partial charge on any atom is 0.294 e. The zero-order valence-electron chi connectivity index (χ0n) is 12.8. The Kier molecular flexibility index (Phi) is 3.85. The summed E-state index contributed by atoms with van der Waals surface area (Å²) in [5, 5.41) is 0. The molecule has 2 heterocycles. The van der Waals surface area contributed by atoms with Gasteiger partial charge in [0.15, 0.2) is 11.5 Å². The fraction of sp³-hybridized carbons (Fsp3) is 0.111. The fourth-order valence-electron chi connectivity index (χ4n) is 2.37. The highest BCUT2D eigenvalue weighted by atomic mass is 16.5. The molecule has 0 fully saturated rings. The summed E-state index contributed by atoms with van der Waals surface area (Å²) >= 11 is 0. The SMILES string of the molecule is C=C(C)CN1C(=O)/C(=C\c2ccncc2)Oc2cc(N)ccc21. The number of aromatic nitrogens is 1. The summed E-state index contributed by atoms with van der Waals surface area (Å²) in [7, 11) is 0. The third-order valence-corrected chi connectivity index (χ3v) is 3.38. The van der Waals surface area contributed by atoms with Crippen molar-refractivity contribution in [2.24, 2.45) is 0 Å². The van der Waals surface area contributed by atoms with E-state index in [1.807, 2.05) is 19.1 Å². The molecule has 0 unspecified atom stereocenters. The number of rotatable bonds is 3. The van der Waals surface area contributed by atoms with Gasteiger partial charge in [0.05, 0.1) is 5.69 Å². The predicted octanol–water partition coefficient (Wildman–Crippen LogP) is 3.01. The topological polar surface area (TPSA) is 68.5 Å². The molecule has 116 valence electrons. The highest BCUT2D eigenvalue weighted by Crippen LogP contribution is 2.37. The number of nitrogens with zero attached hydrogens (tertiary/aromatic N) is 2. The molecule has 1 aromatic heterocycles. The molecule has 0 atom stereocenters. The summed E-state index contributed by atoms with van der Waals surface area (Å²) < 4.78 is 5.78. The van der Waals surface area contributed by atoms with Crippen LogP contribution in [0.3, 0.4) is 0 Å². The van der Waals surface area contributed by atoms with Crippen molar-refractivity contribution >= 4 is 23.4 Å². The summed E-state index contributed by atoms with van der Waals surface area (Å²) in [4.78, 5) is 18.4. The van der Waals surface area contributed by atoms with E-state index in [1.54, 1.807) is 41.6 Å². The van der Waals surface area contributed by atoms with Crippen LogP contribution in [0.4, 0.5) is 11.4 Å². The fourth-order valence-corrected chi connectivity index (χ4v) is 2.37. The van der Waals surface area contributed by atoms with E-state index in [-0.39, 0.29) is 11.7 Å². The van der Waals surface area contributed by atoms with Gasteiger partial charge in [-0.25, -0.2) is 0 Å². The number of anilines is 2. The first kappa shape index (κ1) is 14.8. The van der Waals surface area contributed by atoms with Gasteiger partial charge in [0.25, 0.3) is 5.91 Å². The largest absolute Gasteiger partial charge is 0.449 e. The van der Waals surface area contributed by atoms with Crippen LogP contribution in [0.2, 0.25) is 0 Å². The van der Waals surface area contributed by atoms with E-state index in [0.717, 1.165) is 11.1 Å². The van der Waals surface area contributed by atoms with Crippen molar-refractivity contribution in [2.75, 3.05) is 17.2 Å². The number of nitrogens with two attached hydrogens (primary N) is 1. The van der Waals surface area contributed by atoms with Gasteiger partial charge in [-0.1, -0.05) is 12.2 Å². The summed E-state index contributed by atoms with van der Waals surface area (Å²) in [6.07, 6.45) is 5.02. The maximum atomic E-state index is 12.8. The summed E-state index contributed by atoms with van der Waals surface area (Å²) in [5.41, 5.74) is 8.83. The Morgan fingerprint density at radius 1 is 1.35 bits per heavy atom. The van der Waals surface area contributed by atoms with Crippen molar-refractivity contribution in [3.63, 3.8) is 0 Å². The molecule has 2 aromatic rings. The van der Waals surface area contributed by atoms with Crippen LogP contribution in [0, 0.1) is 0 Å². The van der Waals surface area contributed by atoms with Crippen molar-refractivity contribution in [3.05, 3.63) is 66.2 Å². The van der Waals surface area contributed by atoms with Crippen molar-refractivity contribution in [1.29, 1.82) is 0 Å². The lowest BCUT2D eigenvalue weighted by Crippen LogP contribution is -2.38. The van der Waals surface area contributed by atoms with Crippen LogP contribution in [0.25, 0.3) is 6.08 Å². The lowest BCUT2D eigenvalue weighted by Gasteiger charge is -2.30. The van der Waals surface area contributed by atoms with Gasteiger partial charge in [-0.2, -0.15) is 0 Å². The van der Waals surface area contributed by atoms with Crippen LogP contribution in [0.15, 0.2) is 60.6 Å². The Bertz CT molecular complexity index is 797.